The Morgan fingerprint density at radius 1 is 0.357 bits per heavy atom. The number of hydrogen-bond donors (Lipinski definition) is 4. The second kappa shape index (κ2) is 14.3. The van der Waals surface area contributed by atoms with Crippen LogP contribution in [0.25, 0.3) is 43.1 Å². The number of anilines is 2. The average molecular weight is 917 g/mol. The molecular weight excluding hydrogens is 877 g/mol. The summed E-state index contributed by atoms with van der Waals surface area (Å²) in [5.74, 6) is 2.38. The van der Waals surface area contributed by atoms with E-state index in [4.69, 9.17) is 9.47 Å². The molecule has 0 unspecified atom stereocenters. The van der Waals surface area contributed by atoms with Crippen LogP contribution < -0.4 is 19.3 Å². The van der Waals surface area contributed by atoms with E-state index in [0.29, 0.717) is 71.2 Å². The zero-order chi connectivity index (χ0) is 47.2. The highest BCUT2D eigenvalue weighted by molar-refractivity contribution is 6.18. The lowest BCUT2D eigenvalue weighted by Gasteiger charge is -2.38. The average Bonchev–Trinajstić information content (AvgIpc) is 3.76. The standard InChI is InChI=1S/C60H40N2O8/c63-37-15-19-41-33(29-37)11-23-47-53(41)69-54-42-20-16-38(64)30-34(42)12-24-48(54)59(47)45-7-1-3-9-51(45)61(57(59)67)27-5-6-28-62-52-10-4-2-8-46(52)60(58(62)68)49-25-13-35-31-39(65)17-21-43(35)55(49)70-56-44-22-18-40(66)32-36(44)14-26-50(56)60/h1-4,7-26,29-32,63-66H,5-6,27-28H2. The molecule has 0 bridgehead atoms. The summed E-state index contributed by atoms with van der Waals surface area (Å²) in [6, 6.07) is 51.9. The number of carbonyl (C=O) groups is 2. The van der Waals surface area contributed by atoms with Gasteiger partial charge in [0.05, 0.1) is 0 Å². The predicted molar refractivity (Wildman–Crippen MR) is 269 cm³/mol. The molecule has 0 atom stereocenters. The largest absolute Gasteiger partial charge is 0.508 e. The minimum atomic E-state index is -1.29. The van der Waals surface area contributed by atoms with Crippen LogP contribution in [0.4, 0.5) is 11.4 Å². The van der Waals surface area contributed by atoms with Crippen molar-refractivity contribution in [2.75, 3.05) is 22.9 Å². The van der Waals surface area contributed by atoms with Crippen molar-refractivity contribution in [2.24, 2.45) is 0 Å². The van der Waals surface area contributed by atoms with Gasteiger partial charge in [-0.3, -0.25) is 9.59 Å². The minimum absolute atomic E-state index is 0.117. The molecule has 0 aromatic heterocycles. The van der Waals surface area contributed by atoms with Crippen molar-refractivity contribution in [1.29, 1.82) is 0 Å². The number of para-hydroxylation sites is 2. The van der Waals surface area contributed by atoms with Gasteiger partial charge >= 0.3 is 0 Å². The topological polar surface area (TPSA) is 140 Å². The Balaban J connectivity index is 0.848. The van der Waals surface area contributed by atoms with Crippen molar-refractivity contribution in [2.45, 2.75) is 23.7 Å². The van der Waals surface area contributed by atoms with Crippen LogP contribution in [0.15, 0.2) is 170 Å². The molecule has 338 valence electrons. The highest BCUT2D eigenvalue weighted by atomic mass is 16.5. The summed E-state index contributed by atoms with van der Waals surface area (Å²) in [6.07, 6.45) is 1.13. The maximum atomic E-state index is 15.9. The van der Waals surface area contributed by atoms with Gasteiger partial charge in [0.15, 0.2) is 0 Å². The second-order valence-corrected chi connectivity index (χ2v) is 18.7. The van der Waals surface area contributed by atoms with Gasteiger partial charge < -0.3 is 39.7 Å². The molecule has 4 N–H and O–H groups in total. The number of hydrogen-bond acceptors (Lipinski definition) is 8. The Hall–Kier alpha value is -9.02. The third-order valence-corrected chi connectivity index (χ3v) is 15.2. The highest BCUT2D eigenvalue weighted by Crippen LogP contribution is 2.62. The predicted octanol–water partition coefficient (Wildman–Crippen LogP) is 12.2. The van der Waals surface area contributed by atoms with Gasteiger partial charge in [0.2, 0.25) is 11.8 Å². The Bertz CT molecular complexity index is 3550. The van der Waals surface area contributed by atoms with E-state index in [1.165, 1.54) is 0 Å². The number of phenolic OH excluding ortho intramolecular Hbond substituents is 4. The molecule has 70 heavy (non-hydrogen) atoms. The van der Waals surface area contributed by atoms with Crippen LogP contribution in [0.3, 0.4) is 0 Å². The number of amides is 2. The fourth-order valence-corrected chi connectivity index (χ4v) is 12.2. The zero-order valence-corrected chi connectivity index (χ0v) is 37.3. The van der Waals surface area contributed by atoms with Crippen LogP contribution in [0.2, 0.25) is 0 Å². The molecule has 10 aromatic carbocycles. The van der Waals surface area contributed by atoms with E-state index >= 15 is 9.59 Å². The first-order valence-electron chi connectivity index (χ1n) is 23.4. The van der Waals surface area contributed by atoms with E-state index in [1.54, 1.807) is 48.5 Å². The molecule has 4 aliphatic rings. The maximum absolute atomic E-state index is 15.9. The fraction of sp³-hybridized carbons (Fsp3) is 0.100. The van der Waals surface area contributed by atoms with Crippen LogP contribution in [0.1, 0.15) is 46.2 Å². The quantitative estimate of drug-likeness (QED) is 0.125. The summed E-state index contributed by atoms with van der Waals surface area (Å²) in [5, 5.41) is 47.9. The van der Waals surface area contributed by atoms with Crippen molar-refractivity contribution in [3.05, 3.63) is 203 Å². The number of rotatable bonds is 5. The van der Waals surface area contributed by atoms with E-state index in [9.17, 15) is 20.4 Å². The number of phenols is 4. The molecule has 14 rings (SSSR count). The molecule has 10 aromatic rings. The van der Waals surface area contributed by atoms with Gasteiger partial charge in [0.1, 0.15) is 56.8 Å². The van der Waals surface area contributed by atoms with Gasteiger partial charge in [-0.05, 0) is 119 Å². The number of carbonyl (C=O) groups excluding carboxylic acids is 2. The number of ether oxygens (including phenoxy) is 2. The summed E-state index contributed by atoms with van der Waals surface area (Å²) in [7, 11) is 0. The van der Waals surface area contributed by atoms with E-state index in [-0.39, 0.29) is 34.8 Å². The molecule has 0 saturated heterocycles. The lowest BCUT2D eigenvalue weighted by molar-refractivity contribution is -0.121. The minimum Gasteiger partial charge on any atom is -0.508 e. The molecular formula is C60H40N2O8. The number of benzene rings is 10. The van der Waals surface area contributed by atoms with E-state index < -0.39 is 10.8 Å². The van der Waals surface area contributed by atoms with Crippen molar-refractivity contribution in [1.82, 2.24) is 0 Å². The van der Waals surface area contributed by atoms with Gasteiger partial charge in [-0.2, -0.15) is 0 Å². The van der Waals surface area contributed by atoms with Gasteiger partial charge in [-0.25, -0.2) is 0 Å². The fourth-order valence-electron chi connectivity index (χ4n) is 12.2. The number of fused-ring (bicyclic) bond motifs is 20. The first kappa shape index (κ1) is 40.1. The van der Waals surface area contributed by atoms with Crippen LogP contribution in [-0.4, -0.2) is 45.3 Å². The molecule has 0 fully saturated rings. The number of aromatic hydroxyl groups is 4. The molecule has 2 amide bonds. The maximum Gasteiger partial charge on any atom is 0.247 e. The van der Waals surface area contributed by atoms with E-state index in [0.717, 1.165) is 65.6 Å². The lowest BCUT2D eigenvalue weighted by Crippen LogP contribution is -2.45. The van der Waals surface area contributed by atoms with E-state index in [1.807, 2.05) is 131 Å². The van der Waals surface area contributed by atoms with Gasteiger partial charge in [-0.15, -0.1) is 0 Å². The van der Waals surface area contributed by atoms with Crippen LogP contribution in [-0.2, 0) is 20.4 Å². The molecule has 4 aliphatic heterocycles. The molecule has 0 aliphatic carbocycles. The summed E-state index contributed by atoms with van der Waals surface area (Å²) < 4.78 is 13.8. The third-order valence-electron chi connectivity index (χ3n) is 15.2. The summed E-state index contributed by atoms with van der Waals surface area (Å²) in [4.78, 5) is 35.5. The Kier molecular flexibility index (Phi) is 8.16. The summed E-state index contributed by atoms with van der Waals surface area (Å²) in [5.41, 5.74) is 3.47. The van der Waals surface area contributed by atoms with Gasteiger partial charge in [-0.1, -0.05) is 84.9 Å². The molecule has 10 heteroatoms. The first-order valence-corrected chi connectivity index (χ1v) is 23.4. The molecule has 4 heterocycles. The van der Waals surface area contributed by atoms with Crippen LogP contribution >= 0.6 is 0 Å². The molecule has 0 saturated carbocycles. The number of unbranched alkanes of at least 4 members (excludes halogenated alkanes) is 1. The summed E-state index contributed by atoms with van der Waals surface area (Å²) >= 11 is 0. The summed E-state index contributed by atoms with van der Waals surface area (Å²) in [6.45, 7) is 0.746. The van der Waals surface area contributed by atoms with Gasteiger partial charge in [0, 0.05) is 79.4 Å². The van der Waals surface area contributed by atoms with Crippen molar-refractivity contribution in [3.8, 4) is 46.0 Å². The zero-order valence-electron chi connectivity index (χ0n) is 37.3. The lowest BCUT2D eigenvalue weighted by atomic mass is 9.67. The SMILES string of the molecule is O=C1N(CCCCN2C(=O)C3(c4ccccc42)c2ccc4cc(O)ccc4c2Oc2c3ccc3cc(O)ccc23)c2ccccc2C12c1ccc3cc(O)ccc3c1Oc1c2ccc2cc(O)ccc12. The first-order chi connectivity index (χ1) is 34.2. The van der Waals surface area contributed by atoms with Crippen molar-refractivity contribution in [3.63, 3.8) is 0 Å². The molecule has 0 radical (unpaired) electrons. The third kappa shape index (κ3) is 5.16. The Morgan fingerprint density at radius 3 is 0.971 bits per heavy atom. The number of nitrogens with zero attached hydrogens (tertiary/aromatic N) is 2. The van der Waals surface area contributed by atoms with Crippen LogP contribution in [0, 0.1) is 0 Å². The van der Waals surface area contributed by atoms with E-state index in [2.05, 4.69) is 0 Å². The van der Waals surface area contributed by atoms with Gasteiger partial charge in [0.25, 0.3) is 0 Å². The van der Waals surface area contributed by atoms with Crippen LogP contribution in [0.5, 0.6) is 46.0 Å². The van der Waals surface area contributed by atoms with Crippen molar-refractivity contribution >= 4 is 66.3 Å². The normalized spacial score (nSPS) is 15.5. The second-order valence-electron chi connectivity index (χ2n) is 18.7. The monoisotopic (exact) mass is 916 g/mol. The Labute approximate surface area is 400 Å². The molecule has 10 nitrogen and oxygen atoms in total. The highest BCUT2D eigenvalue weighted by Gasteiger charge is 2.59. The van der Waals surface area contributed by atoms with Crippen molar-refractivity contribution < 1.29 is 39.5 Å². The molecule has 2 spiro atoms. The Morgan fingerprint density at radius 2 is 0.657 bits per heavy atom. The smallest absolute Gasteiger partial charge is 0.247 e.